The maximum atomic E-state index is 12.7. The van der Waals surface area contributed by atoms with Gasteiger partial charge in [0.1, 0.15) is 19.8 Å². The monoisotopic (exact) mass is 1030 g/mol. The number of carbonyl (C=O) groups is 2. The van der Waals surface area contributed by atoms with Gasteiger partial charge in [-0.25, -0.2) is 4.57 Å². The number of esters is 2. The van der Waals surface area contributed by atoms with Gasteiger partial charge in [0.25, 0.3) is 0 Å². The average molecular weight is 1040 g/mol. The molecule has 10 heteroatoms. The normalized spacial score (nSPS) is 14.3. The van der Waals surface area contributed by atoms with Crippen LogP contribution in [-0.2, 0) is 32.7 Å². The van der Waals surface area contributed by atoms with Gasteiger partial charge in [-0.2, -0.15) is 0 Å². The van der Waals surface area contributed by atoms with Gasteiger partial charge in [0, 0.05) is 12.8 Å². The summed E-state index contributed by atoms with van der Waals surface area (Å²) in [5.41, 5.74) is 0. The van der Waals surface area contributed by atoms with Crippen molar-refractivity contribution in [1.82, 2.24) is 0 Å². The van der Waals surface area contributed by atoms with E-state index < -0.39 is 26.5 Å². The molecule has 0 heterocycles. The highest BCUT2D eigenvalue weighted by Crippen LogP contribution is 2.43. The standard InChI is InChI=1S/C63H104NO8P/c1-6-8-10-12-14-16-17-18-19-20-21-22-23-24-25-26-27-28-29-30-31-32-33-34-35-36-37-38-39-40-41-42-43-44-45-46-47-48-50-52-54-56-63(66)72-61(60-71-73(67,68)70-58-57-64(3,4)5)59-69-62(65)55-53-51-49-15-13-11-9-7-2/h8,10,14,16,18-19,21-22,24-25,27-28,30-31,33-34,36-37,39-40,42-43,61H,6-7,9,11-13,15,17,20,23,26,29,32,35,38,41,44-60H2,1-5H3/p+1/b10-8-,16-14-,19-18-,22-21-,25-24-,28-27-,31-30-,34-33-,37-36-,40-39-,43-42-. The molecule has 0 amide bonds. The molecule has 0 aromatic rings. The third kappa shape index (κ3) is 57.3. The highest BCUT2D eigenvalue weighted by Gasteiger charge is 2.27. The van der Waals surface area contributed by atoms with Gasteiger partial charge in [-0.05, 0) is 96.3 Å². The van der Waals surface area contributed by atoms with Crippen molar-refractivity contribution < 1.29 is 42.1 Å². The number of unbranched alkanes of at least 4 members (excludes halogenated alkanes) is 14. The van der Waals surface area contributed by atoms with E-state index in [0.29, 0.717) is 17.4 Å². The first-order chi connectivity index (χ1) is 35.5. The molecule has 0 saturated carbocycles. The minimum absolute atomic E-state index is 0.0239. The lowest BCUT2D eigenvalue weighted by Gasteiger charge is -2.24. The van der Waals surface area contributed by atoms with Crippen molar-refractivity contribution in [3.63, 3.8) is 0 Å². The van der Waals surface area contributed by atoms with Gasteiger partial charge in [-0.15, -0.1) is 0 Å². The first-order valence-electron chi connectivity index (χ1n) is 28.4. The molecule has 0 aliphatic carbocycles. The summed E-state index contributed by atoms with van der Waals surface area (Å²) in [7, 11) is 1.45. The number of quaternary nitrogens is 1. The number of phosphoric ester groups is 1. The minimum Gasteiger partial charge on any atom is -0.462 e. The third-order valence-corrected chi connectivity index (χ3v) is 12.4. The Balaban J connectivity index is 4.06. The number of hydrogen-bond donors (Lipinski definition) is 1. The molecule has 2 unspecified atom stereocenters. The van der Waals surface area contributed by atoms with Gasteiger partial charge in [0.15, 0.2) is 6.10 Å². The van der Waals surface area contributed by atoms with E-state index in [1.54, 1.807) is 0 Å². The predicted molar refractivity (Wildman–Crippen MR) is 311 cm³/mol. The summed E-state index contributed by atoms with van der Waals surface area (Å²) >= 11 is 0. The zero-order chi connectivity index (χ0) is 53.5. The molecule has 0 spiro atoms. The second kappa shape index (κ2) is 53.0. The van der Waals surface area contributed by atoms with Crippen LogP contribution < -0.4 is 0 Å². The highest BCUT2D eigenvalue weighted by atomic mass is 31.2. The summed E-state index contributed by atoms with van der Waals surface area (Å²) in [6, 6.07) is 0. The topological polar surface area (TPSA) is 108 Å². The van der Waals surface area contributed by atoms with Gasteiger partial charge in [0.2, 0.25) is 0 Å². The molecule has 0 bridgehead atoms. The van der Waals surface area contributed by atoms with E-state index in [1.807, 2.05) is 21.1 Å². The molecule has 9 nitrogen and oxygen atoms in total. The average Bonchev–Trinajstić information content (AvgIpc) is 3.35. The van der Waals surface area contributed by atoms with E-state index in [1.165, 1.54) is 51.4 Å². The quantitative estimate of drug-likeness (QED) is 0.0211. The van der Waals surface area contributed by atoms with Crippen LogP contribution in [0.4, 0.5) is 0 Å². The van der Waals surface area contributed by atoms with Crippen LogP contribution in [0.5, 0.6) is 0 Å². The predicted octanol–water partition coefficient (Wildman–Crippen LogP) is 17.8. The zero-order valence-corrected chi connectivity index (χ0v) is 47.7. The van der Waals surface area contributed by atoms with Gasteiger partial charge < -0.3 is 18.9 Å². The Morgan fingerprint density at radius 2 is 0.781 bits per heavy atom. The summed E-state index contributed by atoms with van der Waals surface area (Å²) in [4.78, 5) is 35.4. The zero-order valence-electron chi connectivity index (χ0n) is 46.8. The Morgan fingerprint density at radius 1 is 0.438 bits per heavy atom. The van der Waals surface area contributed by atoms with Gasteiger partial charge in [0.05, 0.1) is 27.7 Å². The second-order valence-corrected chi connectivity index (χ2v) is 21.0. The summed E-state index contributed by atoms with van der Waals surface area (Å²) < 4.78 is 34.3. The Kier molecular flexibility index (Phi) is 50.2. The van der Waals surface area contributed by atoms with E-state index in [4.69, 9.17) is 18.5 Å². The molecule has 0 fully saturated rings. The lowest BCUT2D eigenvalue weighted by atomic mass is 10.1. The van der Waals surface area contributed by atoms with Crippen LogP contribution in [0.15, 0.2) is 134 Å². The number of likely N-dealkylation sites (N-methyl/N-ethyl adjacent to an activating group) is 1. The van der Waals surface area contributed by atoms with E-state index in [2.05, 4.69) is 148 Å². The largest absolute Gasteiger partial charge is 0.472 e. The molecule has 0 aliphatic rings. The molecule has 2 atom stereocenters. The number of rotatable bonds is 50. The first-order valence-corrected chi connectivity index (χ1v) is 29.9. The number of allylic oxidation sites excluding steroid dienone is 22. The molecule has 0 radical (unpaired) electrons. The van der Waals surface area contributed by atoms with Crippen molar-refractivity contribution >= 4 is 19.8 Å². The Morgan fingerprint density at radius 3 is 1.16 bits per heavy atom. The molecule has 0 aliphatic heterocycles. The van der Waals surface area contributed by atoms with Crippen molar-refractivity contribution in [2.24, 2.45) is 0 Å². The number of carbonyl (C=O) groups excluding carboxylic acids is 2. The van der Waals surface area contributed by atoms with Crippen LogP contribution in [0, 0.1) is 0 Å². The van der Waals surface area contributed by atoms with Crippen molar-refractivity contribution in [2.75, 3.05) is 47.5 Å². The van der Waals surface area contributed by atoms with Gasteiger partial charge in [-0.3, -0.25) is 18.6 Å². The fourth-order valence-corrected chi connectivity index (χ4v) is 7.82. The van der Waals surface area contributed by atoms with Crippen LogP contribution in [0.1, 0.15) is 200 Å². The van der Waals surface area contributed by atoms with Crippen molar-refractivity contribution in [2.45, 2.75) is 206 Å². The van der Waals surface area contributed by atoms with Crippen LogP contribution in [0.3, 0.4) is 0 Å². The third-order valence-electron chi connectivity index (χ3n) is 11.4. The summed E-state index contributed by atoms with van der Waals surface area (Å²) in [6.07, 6.45) is 76.9. The van der Waals surface area contributed by atoms with Crippen LogP contribution >= 0.6 is 7.82 Å². The molecule has 0 saturated heterocycles. The lowest BCUT2D eigenvalue weighted by molar-refractivity contribution is -0.870. The van der Waals surface area contributed by atoms with Crippen LogP contribution in [-0.4, -0.2) is 74.9 Å². The van der Waals surface area contributed by atoms with Crippen molar-refractivity contribution in [3.05, 3.63) is 134 Å². The van der Waals surface area contributed by atoms with Crippen molar-refractivity contribution in [3.8, 4) is 0 Å². The van der Waals surface area contributed by atoms with Gasteiger partial charge in [-0.1, -0.05) is 225 Å². The molecule has 0 aromatic heterocycles. The van der Waals surface area contributed by atoms with Crippen LogP contribution in [0.25, 0.3) is 0 Å². The minimum atomic E-state index is -4.38. The SMILES string of the molecule is CC/C=C\C/C=C\C/C=C\C/C=C\C/C=C\C/C=C\C/C=C\C/C=C\C/C=C\C/C=C\C/C=C\CCCCCCCCCC(=O)OC(COC(=O)CCCCCCCCCC)COP(=O)(O)OCC[N+](C)(C)C. The summed E-state index contributed by atoms with van der Waals surface area (Å²) in [6.45, 7) is 4.24. The fourth-order valence-electron chi connectivity index (χ4n) is 7.08. The molecule has 414 valence electrons. The van der Waals surface area contributed by atoms with E-state index in [-0.39, 0.29) is 32.0 Å². The Labute approximate surface area is 447 Å². The molecule has 0 aromatic carbocycles. The van der Waals surface area contributed by atoms with E-state index in [0.717, 1.165) is 116 Å². The summed E-state index contributed by atoms with van der Waals surface area (Å²) in [5.74, 6) is -0.824. The molecule has 0 rings (SSSR count). The molecular formula is C63H105NO8P+. The molecule has 73 heavy (non-hydrogen) atoms. The summed E-state index contributed by atoms with van der Waals surface area (Å²) in [5, 5.41) is 0. The smallest absolute Gasteiger partial charge is 0.462 e. The first kappa shape index (κ1) is 69.2. The van der Waals surface area contributed by atoms with E-state index in [9.17, 15) is 19.0 Å². The van der Waals surface area contributed by atoms with Crippen molar-refractivity contribution in [1.29, 1.82) is 0 Å². The number of nitrogens with zero attached hydrogens (tertiary/aromatic N) is 1. The highest BCUT2D eigenvalue weighted by molar-refractivity contribution is 7.47. The number of hydrogen-bond acceptors (Lipinski definition) is 7. The maximum absolute atomic E-state index is 12.7. The lowest BCUT2D eigenvalue weighted by Crippen LogP contribution is -2.37. The van der Waals surface area contributed by atoms with Crippen LogP contribution in [0.2, 0.25) is 0 Å². The fraction of sp³-hybridized carbons (Fsp3) is 0.619. The Bertz CT molecular complexity index is 1690. The number of ether oxygens (including phenoxy) is 2. The van der Waals surface area contributed by atoms with Gasteiger partial charge >= 0.3 is 19.8 Å². The number of phosphoric acid groups is 1. The Hall–Kier alpha value is -3.85. The molecule has 1 N–H and O–H groups in total. The molecular weight excluding hydrogens is 930 g/mol. The van der Waals surface area contributed by atoms with E-state index >= 15 is 0 Å². The maximum Gasteiger partial charge on any atom is 0.472 e. The second-order valence-electron chi connectivity index (χ2n) is 19.6.